The van der Waals surface area contributed by atoms with Crippen LogP contribution in [0, 0.1) is 6.92 Å². The summed E-state index contributed by atoms with van der Waals surface area (Å²) < 4.78 is 8.28. The minimum atomic E-state index is -0.931. The second kappa shape index (κ2) is 6.61. The van der Waals surface area contributed by atoms with Crippen LogP contribution in [0.1, 0.15) is 48.4 Å². The maximum atomic E-state index is 10.8. The summed E-state index contributed by atoms with van der Waals surface area (Å²) in [5.41, 5.74) is 4.59. The fourth-order valence-corrected chi connectivity index (χ4v) is 4.97. The first-order valence-electron chi connectivity index (χ1n) is 10.1. The quantitative estimate of drug-likeness (QED) is 0.732. The number of aliphatic hydroxyl groups is 2. The molecule has 2 aliphatic carbocycles. The zero-order valence-corrected chi connectivity index (χ0v) is 16.2. The van der Waals surface area contributed by atoms with Gasteiger partial charge in [0.05, 0.1) is 6.04 Å². The summed E-state index contributed by atoms with van der Waals surface area (Å²) in [6, 6.07) is 9.91. The van der Waals surface area contributed by atoms with E-state index in [9.17, 15) is 10.2 Å². The highest BCUT2D eigenvalue weighted by molar-refractivity contribution is 5.79. The van der Waals surface area contributed by atoms with Crippen molar-refractivity contribution < 1.29 is 14.9 Å². The minimum absolute atomic E-state index is 0.263. The average Bonchev–Trinajstić information content (AvgIpc) is 3.36. The molecule has 0 radical (unpaired) electrons. The third-order valence-electron chi connectivity index (χ3n) is 6.56. The first kappa shape index (κ1) is 17.7. The Morgan fingerprint density at radius 2 is 2.00 bits per heavy atom. The van der Waals surface area contributed by atoms with Gasteiger partial charge in [-0.2, -0.15) is 0 Å². The van der Waals surface area contributed by atoms with Crippen LogP contribution in [-0.2, 0) is 6.42 Å². The highest BCUT2D eigenvalue weighted by atomic mass is 16.5. The number of pyridine rings is 1. The number of fused-ring (bicyclic) bond motifs is 2. The standard InChI is InChI=1S/C23H26N2O3/c1-13-8-10-24-23-16(13)9-11-25(23)17-12-19(22(27)21(17)26)28-18-5-3-4-15-7-6-14(2)20(15)18/h3-5,8-11,14,17,19,21-22,26-27H,6-7,12H2,1-2H3/t14-,17-,19+,21+,22-/m1/s1. The zero-order chi connectivity index (χ0) is 19.4. The molecular formula is C23H26N2O3. The molecule has 2 N–H and O–H groups in total. The lowest BCUT2D eigenvalue weighted by Crippen LogP contribution is -2.34. The van der Waals surface area contributed by atoms with Crippen LogP contribution in [-0.4, -0.2) is 38.1 Å². The molecule has 5 rings (SSSR count). The minimum Gasteiger partial charge on any atom is -0.487 e. The van der Waals surface area contributed by atoms with Crippen LogP contribution in [0.3, 0.4) is 0 Å². The molecule has 5 atom stereocenters. The molecule has 3 aromatic rings. The van der Waals surface area contributed by atoms with Gasteiger partial charge in [0.25, 0.3) is 0 Å². The molecule has 1 fully saturated rings. The molecule has 0 amide bonds. The predicted molar refractivity (Wildman–Crippen MR) is 108 cm³/mol. The number of rotatable bonds is 3. The Kier molecular flexibility index (Phi) is 4.18. The molecule has 146 valence electrons. The Balaban J connectivity index is 1.45. The molecule has 28 heavy (non-hydrogen) atoms. The van der Waals surface area contributed by atoms with Crippen molar-refractivity contribution in [2.45, 2.75) is 63.4 Å². The van der Waals surface area contributed by atoms with Gasteiger partial charge in [-0.05, 0) is 55.0 Å². The van der Waals surface area contributed by atoms with Crippen molar-refractivity contribution in [1.29, 1.82) is 0 Å². The number of aliphatic hydroxyl groups excluding tert-OH is 2. The van der Waals surface area contributed by atoms with Gasteiger partial charge in [0.15, 0.2) is 0 Å². The highest BCUT2D eigenvalue weighted by Crippen LogP contribution is 2.42. The van der Waals surface area contributed by atoms with E-state index in [1.54, 1.807) is 6.20 Å². The summed E-state index contributed by atoms with van der Waals surface area (Å²) >= 11 is 0. The molecule has 0 spiro atoms. The van der Waals surface area contributed by atoms with Crippen LogP contribution in [0.5, 0.6) is 5.75 Å². The lowest BCUT2D eigenvalue weighted by molar-refractivity contribution is -0.0166. The van der Waals surface area contributed by atoms with Gasteiger partial charge in [0, 0.05) is 29.8 Å². The molecule has 5 heteroatoms. The van der Waals surface area contributed by atoms with Gasteiger partial charge in [-0.3, -0.25) is 0 Å². The van der Waals surface area contributed by atoms with Gasteiger partial charge in [0.1, 0.15) is 29.7 Å². The van der Waals surface area contributed by atoms with E-state index in [4.69, 9.17) is 4.74 Å². The summed E-state index contributed by atoms with van der Waals surface area (Å²) in [7, 11) is 0. The first-order valence-corrected chi connectivity index (χ1v) is 10.1. The topological polar surface area (TPSA) is 67.5 Å². The van der Waals surface area contributed by atoms with Crippen LogP contribution >= 0.6 is 0 Å². The molecule has 2 aromatic heterocycles. The van der Waals surface area contributed by atoms with Gasteiger partial charge in [-0.25, -0.2) is 4.98 Å². The van der Waals surface area contributed by atoms with Crippen molar-refractivity contribution in [3.8, 4) is 5.75 Å². The third kappa shape index (κ3) is 2.65. The molecule has 5 nitrogen and oxygen atoms in total. The fourth-order valence-electron chi connectivity index (χ4n) is 4.97. The number of aryl methyl sites for hydroxylation is 2. The molecule has 0 bridgehead atoms. The highest BCUT2D eigenvalue weighted by Gasteiger charge is 2.44. The maximum absolute atomic E-state index is 10.8. The largest absolute Gasteiger partial charge is 0.487 e. The molecule has 2 heterocycles. The molecular weight excluding hydrogens is 352 g/mol. The number of hydrogen-bond acceptors (Lipinski definition) is 4. The number of ether oxygens (including phenoxy) is 1. The Hall–Kier alpha value is -2.37. The van der Waals surface area contributed by atoms with E-state index in [1.807, 2.05) is 35.0 Å². The molecule has 0 unspecified atom stereocenters. The number of nitrogens with zero attached hydrogens (tertiary/aromatic N) is 2. The second-order valence-corrected chi connectivity index (χ2v) is 8.30. The van der Waals surface area contributed by atoms with E-state index < -0.39 is 18.3 Å². The van der Waals surface area contributed by atoms with Crippen LogP contribution in [0.2, 0.25) is 0 Å². The van der Waals surface area contributed by atoms with Crippen molar-refractivity contribution in [3.63, 3.8) is 0 Å². The number of hydrogen-bond donors (Lipinski definition) is 2. The van der Waals surface area contributed by atoms with Gasteiger partial charge >= 0.3 is 0 Å². The summed E-state index contributed by atoms with van der Waals surface area (Å²) in [5, 5.41) is 22.6. The smallest absolute Gasteiger partial charge is 0.140 e. The molecule has 0 saturated heterocycles. The Morgan fingerprint density at radius 3 is 2.86 bits per heavy atom. The maximum Gasteiger partial charge on any atom is 0.140 e. The summed E-state index contributed by atoms with van der Waals surface area (Å²) in [6.07, 6.45) is 4.23. The van der Waals surface area contributed by atoms with Gasteiger partial charge in [0.2, 0.25) is 0 Å². The van der Waals surface area contributed by atoms with E-state index in [2.05, 4.69) is 24.9 Å². The molecule has 1 aromatic carbocycles. The van der Waals surface area contributed by atoms with E-state index >= 15 is 0 Å². The molecule has 0 aliphatic heterocycles. The van der Waals surface area contributed by atoms with Crippen LogP contribution in [0.4, 0.5) is 0 Å². The van der Waals surface area contributed by atoms with E-state index in [1.165, 1.54) is 11.1 Å². The van der Waals surface area contributed by atoms with E-state index in [0.29, 0.717) is 12.3 Å². The fraction of sp³-hybridized carbons (Fsp3) is 0.435. The second-order valence-electron chi connectivity index (χ2n) is 8.30. The zero-order valence-electron chi connectivity index (χ0n) is 16.2. The van der Waals surface area contributed by atoms with Crippen molar-refractivity contribution in [2.24, 2.45) is 0 Å². The Labute approximate surface area is 164 Å². The van der Waals surface area contributed by atoms with E-state index in [0.717, 1.165) is 35.2 Å². The number of aromatic nitrogens is 2. The van der Waals surface area contributed by atoms with Crippen molar-refractivity contribution >= 4 is 11.0 Å². The summed E-state index contributed by atoms with van der Waals surface area (Å²) in [6.45, 7) is 4.28. The van der Waals surface area contributed by atoms with Crippen LogP contribution in [0.25, 0.3) is 11.0 Å². The Morgan fingerprint density at radius 1 is 1.14 bits per heavy atom. The van der Waals surface area contributed by atoms with E-state index in [-0.39, 0.29) is 6.04 Å². The lowest BCUT2D eigenvalue weighted by Gasteiger charge is -2.21. The van der Waals surface area contributed by atoms with Gasteiger partial charge in [-0.1, -0.05) is 19.1 Å². The van der Waals surface area contributed by atoms with Gasteiger partial charge < -0.3 is 19.5 Å². The Bertz CT molecular complexity index is 1030. The molecule has 1 saturated carbocycles. The predicted octanol–water partition coefficient (Wildman–Crippen LogP) is 3.51. The normalized spacial score (nSPS) is 29.4. The first-order chi connectivity index (χ1) is 13.5. The average molecular weight is 378 g/mol. The summed E-state index contributed by atoms with van der Waals surface area (Å²) in [4.78, 5) is 4.50. The summed E-state index contributed by atoms with van der Waals surface area (Å²) in [5.74, 6) is 1.32. The lowest BCUT2D eigenvalue weighted by atomic mass is 10.0. The molecule has 2 aliphatic rings. The van der Waals surface area contributed by atoms with Crippen molar-refractivity contribution in [1.82, 2.24) is 9.55 Å². The van der Waals surface area contributed by atoms with Crippen molar-refractivity contribution in [3.05, 3.63) is 59.4 Å². The van der Waals surface area contributed by atoms with Gasteiger partial charge in [-0.15, -0.1) is 0 Å². The number of benzene rings is 1. The van der Waals surface area contributed by atoms with Crippen molar-refractivity contribution in [2.75, 3.05) is 0 Å². The van der Waals surface area contributed by atoms with Crippen LogP contribution < -0.4 is 4.74 Å². The van der Waals surface area contributed by atoms with Crippen LogP contribution in [0.15, 0.2) is 42.7 Å². The third-order valence-corrected chi connectivity index (χ3v) is 6.56. The monoisotopic (exact) mass is 378 g/mol. The SMILES string of the molecule is Cc1ccnc2c1ccn2[C@@H]1C[C@H](Oc2cccc3c2[C@H](C)CC3)[C@@H](O)[C@H]1O.